The number of hydrogen-bond donors (Lipinski definition) is 2. The van der Waals surface area contributed by atoms with Crippen LogP contribution in [-0.4, -0.2) is 45.7 Å². The van der Waals surface area contributed by atoms with E-state index in [0.717, 1.165) is 29.0 Å². The van der Waals surface area contributed by atoms with Crippen LogP contribution in [0.25, 0.3) is 6.08 Å². The van der Waals surface area contributed by atoms with Gasteiger partial charge in [0.15, 0.2) is 5.13 Å². The molecule has 0 unspecified atom stereocenters. The molecule has 0 radical (unpaired) electrons. The Balaban J connectivity index is 1.35. The zero-order chi connectivity index (χ0) is 23.4. The lowest BCUT2D eigenvalue weighted by atomic mass is 10.1. The molecule has 7 nitrogen and oxygen atoms in total. The van der Waals surface area contributed by atoms with Crippen molar-refractivity contribution in [1.82, 2.24) is 14.9 Å². The van der Waals surface area contributed by atoms with Crippen LogP contribution in [0, 0.1) is 11.6 Å². The second kappa shape index (κ2) is 9.86. The minimum Gasteiger partial charge on any atom is -0.382 e. The highest BCUT2D eigenvalue weighted by Crippen LogP contribution is 2.30. The van der Waals surface area contributed by atoms with Crippen molar-refractivity contribution in [2.75, 3.05) is 24.1 Å². The fraction of sp³-hybridized carbons (Fsp3) is 0.217. The Kier molecular flexibility index (Phi) is 6.74. The maximum atomic E-state index is 14.0. The Morgan fingerprint density at radius 3 is 2.45 bits per heavy atom. The lowest BCUT2D eigenvalue weighted by molar-refractivity contribution is -0.126. The van der Waals surface area contributed by atoms with E-state index in [-0.39, 0.29) is 22.6 Å². The van der Waals surface area contributed by atoms with Crippen molar-refractivity contribution in [3.63, 3.8) is 0 Å². The van der Waals surface area contributed by atoms with Crippen LogP contribution in [-0.2, 0) is 4.79 Å². The molecule has 3 heterocycles. The predicted octanol–water partition coefficient (Wildman–Crippen LogP) is 3.75. The maximum absolute atomic E-state index is 14.0. The zero-order valence-electron chi connectivity index (χ0n) is 17.5. The second-order valence-electron chi connectivity index (χ2n) is 7.52. The van der Waals surface area contributed by atoms with E-state index in [2.05, 4.69) is 15.3 Å². The molecule has 1 aromatic carbocycles. The third kappa shape index (κ3) is 5.23. The van der Waals surface area contributed by atoms with Crippen molar-refractivity contribution in [3.05, 3.63) is 76.4 Å². The van der Waals surface area contributed by atoms with Crippen LogP contribution < -0.4 is 11.1 Å². The van der Waals surface area contributed by atoms with E-state index in [1.165, 1.54) is 6.07 Å². The lowest BCUT2D eigenvalue weighted by Gasteiger charge is -2.31. The number of rotatable bonds is 6. The van der Waals surface area contributed by atoms with E-state index in [0.29, 0.717) is 31.1 Å². The van der Waals surface area contributed by atoms with Crippen molar-refractivity contribution in [3.8, 4) is 0 Å². The predicted molar refractivity (Wildman–Crippen MR) is 123 cm³/mol. The number of halogens is 2. The number of likely N-dealkylation sites (tertiary alicyclic amines) is 1. The second-order valence-corrected chi connectivity index (χ2v) is 8.52. The fourth-order valence-electron chi connectivity index (χ4n) is 3.55. The minimum absolute atomic E-state index is 0.0182. The summed E-state index contributed by atoms with van der Waals surface area (Å²) < 4.78 is 28.0. The Hall–Kier alpha value is -3.66. The van der Waals surface area contributed by atoms with Gasteiger partial charge in [-0.25, -0.2) is 13.8 Å². The topological polar surface area (TPSA) is 101 Å². The first-order chi connectivity index (χ1) is 15.9. The summed E-state index contributed by atoms with van der Waals surface area (Å²) >= 11 is 0.959. The quantitative estimate of drug-likeness (QED) is 0.421. The first-order valence-corrected chi connectivity index (χ1v) is 11.1. The lowest BCUT2D eigenvalue weighted by Crippen LogP contribution is -2.41. The molecule has 1 aliphatic heterocycles. The number of piperidine rings is 1. The van der Waals surface area contributed by atoms with Crippen LogP contribution in [0.15, 0.2) is 48.8 Å². The molecule has 3 N–H and O–H groups in total. The number of nitrogens with zero attached hydrogens (tertiary/aromatic N) is 3. The van der Waals surface area contributed by atoms with Gasteiger partial charge in [0, 0.05) is 37.6 Å². The average Bonchev–Trinajstić information content (AvgIpc) is 3.18. The summed E-state index contributed by atoms with van der Waals surface area (Å²) in [5, 5.41) is 3.62. The summed E-state index contributed by atoms with van der Waals surface area (Å²) in [4.78, 5) is 34.9. The van der Waals surface area contributed by atoms with E-state index in [1.54, 1.807) is 29.4 Å². The van der Waals surface area contributed by atoms with Crippen molar-refractivity contribution >= 4 is 40.1 Å². The largest absolute Gasteiger partial charge is 0.382 e. The molecule has 2 aromatic heterocycles. The average molecular weight is 470 g/mol. The number of pyridine rings is 1. The van der Waals surface area contributed by atoms with E-state index in [9.17, 15) is 18.4 Å². The number of nitrogens with two attached hydrogens (primary N) is 1. The van der Waals surface area contributed by atoms with E-state index in [1.807, 2.05) is 12.1 Å². The first-order valence-electron chi connectivity index (χ1n) is 10.3. The summed E-state index contributed by atoms with van der Waals surface area (Å²) in [6.07, 6.45) is 7.99. The number of anilines is 2. The van der Waals surface area contributed by atoms with Gasteiger partial charge in [-0.15, -0.1) is 0 Å². The molecule has 170 valence electrons. The number of hydrogen-bond acceptors (Lipinski definition) is 7. The maximum Gasteiger partial charge on any atom is 0.246 e. The molecule has 1 amide bonds. The van der Waals surface area contributed by atoms with Gasteiger partial charge in [0.05, 0.1) is 5.56 Å². The Morgan fingerprint density at radius 1 is 1.12 bits per heavy atom. The van der Waals surface area contributed by atoms with Gasteiger partial charge in [-0.3, -0.25) is 14.6 Å². The number of nitrogen functional groups attached to an aromatic ring is 1. The first kappa shape index (κ1) is 22.5. The summed E-state index contributed by atoms with van der Waals surface area (Å²) in [7, 11) is 0. The number of carbonyl (C=O) groups is 2. The summed E-state index contributed by atoms with van der Waals surface area (Å²) in [6.45, 7) is 1.12. The highest BCUT2D eigenvalue weighted by molar-refractivity contribution is 7.18. The highest BCUT2D eigenvalue weighted by Gasteiger charge is 2.26. The van der Waals surface area contributed by atoms with Crippen LogP contribution in [0.2, 0.25) is 0 Å². The molecule has 0 atom stereocenters. The number of nitrogens with one attached hydrogen (secondary N) is 1. The molecule has 0 aliphatic carbocycles. The monoisotopic (exact) mass is 469 g/mol. The number of ketones is 1. The summed E-state index contributed by atoms with van der Waals surface area (Å²) in [6, 6.07) is 6.90. The molecule has 1 aliphatic rings. The molecule has 4 rings (SSSR count). The Labute approximate surface area is 193 Å². The molecule has 33 heavy (non-hydrogen) atoms. The van der Waals surface area contributed by atoms with Gasteiger partial charge < -0.3 is 16.0 Å². The number of thiazole rings is 1. The third-order valence-corrected chi connectivity index (χ3v) is 6.31. The van der Waals surface area contributed by atoms with Gasteiger partial charge in [-0.2, -0.15) is 0 Å². The Bertz CT molecular complexity index is 1170. The molecule has 1 saturated heterocycles. The SMILES string of the molecule is Nc1nc(NC2CCN(C(=O)/C=C/c3ccncc3)CC2)sc1C(=O)c1c(F)cccc1F. The molecular weight excluding hydrogens is 448 g/mol. The Morgan fingerprint density at radius 2 is 1.79 bits per heavy atom. The molecule has 0 saturated carbocycles. The van der Waals surface area contributed by atoms with Crippen LogP contribution in [0.5, 0.6) is 0 Å². The molecule has 10 heteroatoms. The number of amides is 1. The van der Waals surface area contributed by atoms with E-state index < -0.39 is 23.0 Å². The molecule has 3 aromatic rings. The molecular formula is C23H21F2N5O2S. The van der Waals surface area contributed by atoms with Gasteiger partial charge in [-0.1, -0.05) is 17.4 Å². The van der Waals surface area contributed by atoms with Gasteiger partial charge in [0.25, 0.3) is 0 Å². The van der Waals surface area contributed by atoms with Crippen molar-refractivity contribution < 1.29 is 18.4 Å². The van der Waals surface area contributed by atoms with Crippen molar-refractivity contribution in [2.45, 2.75) is 18.9 Å². The van der Waals surface area contributed by atoms with E-state index >= 15 is 0 Å². The van der Waals surface area contributed by atoms with Crippen molar-refractivity contribution in [1.29, 1.82) is 0 Å². The third-order valence-electron chi connectivity index (χ3n) is 5.31. The highest BCUT2D eigenvalue weighted by atomic mass is 32.1. The minimum atomic E-state index is -0.947. The zero-order valence-corrected chi connectivity index (χ0v) is 18.3. The van der Waals surface area contributed by atoms with Crippen LogP contribution in [0.1, 0.15) is 33.6 Å². The summed E-state index contributed by atoms with van der Waals surface area (Å²) in [5.41, 5.74) is 6.11. The van der Waals surface area contributed by atoms with Gasteiger partial charge in [0.2, 0.25) is 11.7 Å². The molecule has 0 spiro atoms. The number of aromatic nitrogens is 2. The molecule has 0 bridgehead atoms. The smallest absolute Gasteiger partial charge is 0.246 e. The summed E-state index contributed by atoms with van der Waals surface area (Å²) in [5.74, 6) is -2.88. The van der Waals surface area contributed by atoms with Crippen LogP contribution >= 0.6 is 11.3 Å². The standard InChI is InChI=1S/C23H21F2N5O2S/c24-16-2-1-3-17(25)19(16)20(32)21-22(26)29-23(33-21)28-15-8-12-30(13-9-15)18(31)5-4-14-6-10-27-11-7-14/h1-7,10-11,15H,8-9,12-13,26H2,(H,28,29)/b5-4+. The number of carbonyl (C=O) groups excluding carboxylic acids is 2. The van der Waals surface area contributed by atoms with Crippen LogP contribution in [0.4, 0.5) is 19.7 Å². The van der Waals surface area contributed by atoms with Crippen LogP contribution in [0.3, 0.4) is 0 Å². The molecule has 1 fully saturated rings. The van der Waals surface area contributed by atoms with Gasteiger partial charge in [-0.05, 0) is 48.7 Å². The normalized spacial score (nSPS) is 14.5. The van der Waals surface area contributed by atoms with Crippen molar-refractivity contribution in [2.24, 2.45) is 0 Å². The fourth-order valence-corrected chi connectivity index (χ4v) is 4.46. The number of benzene rings is 1. The van der Waals surface area contributed by atoms with Gasteiger partial charge >= 0.3 is 0 Å². The van der Waals surface area contributed by atoms with E-state index in [4.69, 9.17) is 5.73 Å². The van der Waals surface area contributed by atoms with Gasteiger partial charge in [0.1, 0.15) is 22.3 Å².